The molecule has 10 heteroatoms. The van der Waals surface area contributed by atoms with Crippen molar-refractivity contribution in [3.8, 4) is 5.69 Å². The van der Waals surface area contributed by atoms with Crippen LogP contribution in [0.3, 0.4) is 0 Å². The first-order valence-corrected chi connectivity index (χ1v) is 8.59. The first-order valence-electron chi connectivity index (χ1n) is 8.21. The summed E-state index contributed by atoms with van der Waals surface area (Å²) in [6.07, 6.45) is -1.65. The highest BCUT2D eigenvalue weighted by atomic mass is 35.5. The molecule has 146 valence electrons. The van der Waals surface area contributed by atoms with Crippen LogP contribution in [0.5, 0.6) is 0 Å². The molecule has 0 aliphatic heterocycles. The van der Waals surface area contributed by atoms with Gasteiger partial charge in [0.05, 0.1) is 16.3 Å². The van der Waals surface area contributed by atoms with Gasteiger partial charge in [0.2, 0.25) is 0 Å². The fourth-order valence-electron chi connectivity index (χ4n) is 2.44. The maximum absolute atomic E-state index is 12.9. The maximum Gasteiger partial charge on any atom is 0.419 e. The molecule has 0 aliphatic rings. The lowest BCUT2D eigenvalue weighted by Gasteiger charge is -2.13. The van der Waals surface area contributed by atoms with Gasteiger partial charge in [-0.05, 0) is 30.3 Å². The van der Waals surface area contributed by atoms with Gasteiger partial charge in [-0.15, -0.1) is 0 Å². The third-order valence-electron chi connectivity index (χ3n) is 3.74. The van der Waals surface area contributed by atoms with E-state index < -0.39 is 17.6 Å². The van der Waals surface area contributed by atoms with Crippen LogP contribution in [0.1, 0.15) is 16.1 Å². The molecule has 0 saturated carbocycles. The lowest BCUT2D eigenvalue weighted by molar-refractivity contribution is -0.137. The fourth-order valence-corrected chi connectivity index (χ4v) is 2.66. The summed E-state index contributed by atoms with van der Waals surface area (Å²) in [7, 11) is 0. The topological polar surface area (TPSA) is 71.8 Å². The Balaban J connectivity index is 1.56. The molecule has 2 N–H and O–H groups in total. The van der Waals surface area contributed by atoms with E-state index in [-0.39, 0.29) is 24.6 Å². The SMILES string of the molecule is O=C(NCCNc1ncccc1C(F)(F)F)c1ccn(-c2ccccc2Cl)n1. The van der Waals surface area contributed by atoms with Crippen LogP contribution in [-0.2, 0) is 6.18 Å². The second kappa shape index (κ2) is 8.30. The molecule has 0 fully saturated rings. The lowest BCUT2D eigenvalue weighted by Crippen LogP contribution is -2.29. The van der Waals surface area contributed by atoms with Gasteiger partial charge < -0.3 is 10.6 Å². The minimum Gasteiger partial charge on any atom is -0.368 e. The van der Waals surface area contributed by atoms with Crippen molar-refractivity contribution in [2.24, 2.45) is 0 Å². The molecule has 6 nitrogen and oxygen atoms in total. The Morgan fingerprint density at radius 1 is 1.11 bits per heavy atom. The highest BCUT2D eigenvalue weighted by Crippen LogP contribution is 2.33. The summed E-state index contributed by atoms with van der Waals surface area (Å²) >= 11 is 6.10. The third kappa shape index (κ3) is 4.61. The first kappa shape index (κ1) is 19.7. The van der Waals surface area contributed by atoms with Crippen LogP contribution in [0.2, 0.25) is 5.02 Å². The Hall–Kier alpha value is -3.07. The Kier molecular flexibility index (Phi) is 5.84. The van der Waals surface area contributed by atoms with Crippen LogP contribution < -0.4 is 10.6 Å². The number of nitrogens with zero attached hydrogens (tertiary/aromatic N) is 3. The second-order valence-corrected chi connectivity index (χ2v) is 6.08. The van der Waals surface area contributed by atoms with Crippen molar-refractivity contribution in [2.45, 2.75) is 6.18 Å². The molecule has 1 amide bonds. The number of halogens is 4. The van der Waals surface area contributed by atoms with E-state index >= 15 is 0 Å². The number of hydrogen-bond donors (Lipinski definition) is 2. The van der Waals surface area contributed by atoms with Gasteiger partial charge in [0.15, 0.2) is 5.69 Å². The molecule has 2 heterocycles. The molecule has 0 bridgehead atoms. The van der Waals surface area contributed by atoms with Crippen molar-refractivity contribution in [1.29, 1.82) is 0 Å². The molecule has 1 aromatic carbocycles. The van der Waals surface area contributed by atoms with Crippen LogP contribution in [0.25, 0.3) is 5.69 Å². The largest absolute Gasteiger partial charge is 0.419 e. The monoisotopic (exact) mass is 409 g/mol. The standard InChI is InChI=1S/C18H15ClF3N5O/c19-13-5-1-2-6-15(13)27-11-7-14(26-27)17(28)25-10-9-24-16-12(18(20,21)22)4-3-8-23-16/h1-8,11H,9-10H2,(H,23,24)(H,25,28). The first-order chi connectivity index (χ1) is 13.4. The highest BCUT2D eigenvalue weighted by molar-refractivity contribution is 6.32. The molecular formula is C18H15ClF3N5O. The van der Waals surface area contributed by atoms with E-state index in [1.54, 1.807) is 30.5 Å². The van der Waals surface area contributed by atoms with Crippen LogP contribution in [0.15, 0.2) is 54.9 Å². The Morgan fingerprint density at radius 3 is 2.64 bits per heavy atom. The number of nitrogens with one attached hydrogen (secondary N) is 2. The van der Waals surface area contributed by atoms with E-state index in [4.69, 9.17) is 11.6 Å². The quantitative estimate of drug-likeness (QED) is 0.608. The van der Waals surface area contributed by atoms with Crippen molar-refractivity contribution in [3.63, 3.8) is 0 Å². The normalized spacial score (nSPS) is 11.3. The number of carbonyl (C=O) groups excluding carboxylic acids is 1. The van der Waals surface area contributed by atoms with Crippen molar-refractivity contribution >= 4 is 23.3 Å². The zero-order valence-electron chi connectivity index (χ0n) is 14.4. The van der Waals surface area contributed by atoms with Gasteiger partial charge in [0.25, 0.3) is 5.91 Å². The molecule has 2 aromatic heterocycles. The van der Waals surface area contributed by atoms with Gasteiger partial charge in [0.1, 0.15) is 5.82 Å². The summed E-state index contributed by atoms with van der Waals surface area (Å²) in [6, 6.07) is 10.7. The van der Waals surface area contributed by atoms with E-state index in [1.165, 1.54) is 23.0 Å². The number of alkyl halides is 3. The smallest absolute Gasteiger partial charge is 0.368 e. The van der Waals surface area contributed by atoms with Crippen molar-refractivity contribution < 1.29 is 18.0 Å². The molecule has 0 spiro atoms. The van der Waals surface area contributed by atoms with E-state index in [0.29, 0.717) is 10.7 Å². The maximum atomic E-state index is 12.9. The van der Waals surface area contributed by atoms with Crippen LogP contribution in [0, 0.1) is 0 Å². The Labute approximate surface area is 163 Å². The Bertz CT molecular complexity index is 974. The number of pyridine rings is 1. The summed E-state index contributed by atoms with van der Waals surface area (Å²) < 4.78 is 40.2. The van der Waals surface area contributed by atoms with Gasteiger partial charge in [-0.2, -0.15) is 18.3 Å². The number of rotatable bonds is 6. The zero-order valence-corrected chi connectivity index (χ0v) is 15.1. The van der Waals surface area contributed by atoms with E-state index in [2.05, 4.69) is 20.7 Å². The predicted molar refractivity (Wildman–Crippen MR) is 98.6 cm³/mol. The number of benzene rings is 1. The summed E-state index contributed by atoms with van der Waals surface area (Å²) in [5, 5.41) is 9.81. The van der Waals surface area contributed by atoms with Gasteiger partial charge in [-0.1, -0.05) is 23.7 Å². The number of hydrogen-bond acceptors (Lipinski definition) is 4. The van der Waals surface area contributed by atoms with E-state index in [1.807, 2.05) is 0 Å². The Morgan fingerprint density at radius 2 is 1.89 bits per heavy atom. The molecule has 0 saturated heterocycles. The fraction of sp³-hybridized carbons (Fsp3) is 0.167. The van der Waals surface area contributed by atoms with Crippen LogP contribution in [0.4, 0.5) is 19.0 Å². The molecule has 0 radical (unpaired) electrons. The molecule has 3 aromatic rings. The van der Waals surface area contributed by atoms with Crippen molar-refractivity contribution in [2.75, 3.05) is 18.4 Å². The average Bonchev–Trinajstić information content (AvgIpc) is 3.15. The van der Waals surface area contributed by atoms with E-state index in [0.717, 1.165) is 6.07 Å². The number of aromatic nitrogens is 3. The number of amides is 1. The van der Waals surface area contributed by atoms with Gasteiger partial charge in [-0.3, -0.25) is 4.79 Å². The van der Waals surface area contributed by atoms with E-state index in [9.17, 15) is 18.0 Å². The molecule has 3 rings (SSSR count). The summed E-state index contributed by atoms with van der Waals surface area (Å²) in [5.74, 6) is -0.739. The minimum absolute atomic E-state index is 0.0665. The van der Waals surface area contributed by atoms with Crippen LogP contribution in [-0.4, -0.2) is 33.8 Å². The van der Waals surface area contributed by atoms with Gasteiger partial charge >= 0.3 is 6.18 Å². The molecule has 0 atom stereocenters. The molecule has 0 unspecified atom stereocenters. The minimum atomic E-state index is -4.51. The predicted octanol–water partition coefficient (Wildman–Crippen LogP) is 3.78. The number of anilines is 1. The number of carbonyl (C=O) groups is 1. The third-order valence-corrected chi connectivity index (χ3v) is 4.06. The zero-order chi connectivity index (χ0) is 20.1. The molecular weight excluding hydrogens is 395 g/mol. The van der Waals surface area contributed by atoms with Crippen molar-refractivity contribution in [1.82, 2.24) is 20.1 Å². The molecule has 0 aliphatic carbocycles. The summed E-state index contributed by atoms with van der Waals surface area (Å²) in [6.45, 7) is 0.155. The highest BCUT2D eigenvalue weighted by Gasteiger charge is 2.33. The van der Waals surface area contributed by atoms with Crippen molar-refractivity contribution in [3.05, 3.63) is 71.1 Å². The van der Waals surface area contributed by atoms with Crippen LogP contribution >= 0.6 is 11.6 Å². The molecule has 28 heavy (non-hydrogen) atoms. The van der Waals surface area contributed by atoms with Gasteiger partial charge in [-0.25, -0.2) is 9.67 Å². The lowest BCUT2D eigenvalue weighted by atomic mass is 10.2. The summed E-state index contributed by atoms with van der Waals surface area (Å²) in [5.41, 5.74) is -0.0757. The van der Waals surface area contributed by atoms with Gasteiger partial charge in [0, 0.05) is 25.5 Å². The average molecular weight is 410 g/mol. The number of para-hydroxylation sites is 1. The second-order valence-electron chi connectivity index (χ2n) is 5.68. The summed E-state index contributed by atoms with van der Waals surface area (Å²) in [4.78, 5) is 15.9.